The maximum Gasteiger partial charge on any atom is 0.360 e. The number of hydrogen-bond acceptors (Lipinski definition) is 7. The molecule has 25 heavy (non-hydrogen) atoms. The van der Waals surface area contributed by atoms with Gasteiger partial charge in [0.2, 0.25) is 0 Å². The standard InChI is InChI=1S/C18H37N5O2/c1-2-3-4-5-6-7-8-9-10-11-16-25-17(24)18(19-12-13-20-18)23-21-14-15-22-23/h19-22H,2-16H2,1H3. The van der Waals surface area contributed by atoms with Crippen molar-refractivity contribution in [2.45, 2.75) is 76.9 Å². The van der Waals surface area contributed by atoms with Crippen molar-refractivity contribution in [2.24, 2.45) is 0 Å². The summed E-state index contributed by atoms with van der Waals surface area (Å²) in [6, 6.07) is 0. The molecule has 2 aliphatic rings. The highest BCUT2D eigenvalue weighted by molar-refractivity contribution is 5.80. The topological polar surface area (TPSA) is 77.7 Å². The minimum atomic E-state index is -0.977. The van der Waals surface area contributed by atoms with Crippen LogP contribution in [0.4, 0.5) is 0 Å². The summed E-state index contributed by atoms with van der Waals surface area (Å²) < 4.78 is 5.53. The van der Waals surface area contributed by atoms with Crippen LogP contribution in [-0.2, 0) is 9.53 Å². The highest BCUT2D eigenvalue weighted by atomic mass is 16.5. The number of carbonyl (C=O) groups is 1. The second-order valence-corrected chi connectivity index (χ2v) is 7.03. The minimum absolute atomic E-state index is 0.261. The van der Waals surface area contributed by atoms with Crippen molar-refractivity contribution in [3.63, 3.8) is 0 Å². The number of nitrogens with one attached hydrogen (secondary N) is 4. The Morgan fingerprint density at radius 3 is 1.92 bits per heavy atom. The molecule has 0 bridgehead atoms. The molecule has 0 aromatic rings. The van der Waals surface area contributed by atoms with E-state index in [2.05, 4.69) is 28.4 Å². The molecule has 146 valence electrons. The van der Waals surface area contributed by atoms with Gasteiger partial charge in [-0.15, -0.1) is 5.12 Å². The quantitative estimate of drug-likeness (QED) is 0.295. The molecular weight excluding hydrogens is 318 g/mol. The number of rotatable bonds is 13. The zero-order valence-corrected chi connectivity index (χ0v) is 15.9. The SMILES string of the molecule is CCCCCCCCCCCCOC(=O)C1(N2NCCN2)NCCN1. The van der Waals surface area contributed by atoms with Crippen molar-refractivity contribution in [1.82, 2.24) is 26.6 Å². The summed E-state index contributed by atoms with van der Waals surface area (Å²) in [6.45, 7) is 5.84. The Hall–Kier alpha value is -0.730. The van der Waals surface area contributed by atoms with Crippen molar-refractivity contribution in [3.05, 3.63) is 0 Å². The number of ether oxygens (including phenoxy) is 1. The van der Waals surface area contributed by atoms with Gasteiger partial charge >= 0.3 is 5.97 Å². The van der Waals surface area contributed by atoms with Crippen LogP contribution in [0.1, 0.15) is 71.1 Å². The predicted octanol–water partition coefficient (Wildman–Crippen LogP) is 1.62. The Morgan fingerprint density at radius 2 is 1.36 bits per heavy atom. The first-order chi connectivity index (χ1) is 12.3. The molecule has 2 heterocycles. The predicted molar refractivity (Wildman–Crippen MR) is 99.4 cm³/mol. The van der Waals surface area contributed by atoms with Crippen LogP contribution in [0, 0.1) is 0 Å². The van der Waals surface area contributed by atoms with E-state index in [4.69, 9.17) is 4.74 Å². The molecule has 0 spiro atoms. The summed E-state index contributed by atoms with van der Waals surface area (Å²) >= 11 is 0. The van der Waals surface area contributed by atoms with Gasteiger partial charge in [0.05, 0.1) is 6.61 Å². The monoisotopic (exact) mass is 355 g/mol. The van der Waals surface area contributed by atoms with E-state index in [0.29, 0.717) is 6.61 Å². The van der Waals surface area contributed by atoms with Gasteiger partial charge in [0.1, 0.15) is 0 Å². The van der Waals surface area contributed by atoms with Crippen LogP contribution in [0.3, 0.4) is 0 Å². The molecule has 0 aliphatic carbocycles. The molecule has 2 saturated heterocycles. The van der Waals surface area contributed by atoms with Gasteiger partial charge in [-0.1, -0.05) is 64.7 Å². The first-order valence-electron chi connectivity index (χ1n) is 10.2. The van der Waals surface area contributed by atoms with E-state index in [1.165, 1.54) is 51.4 Å². The van der Waals surface area contributed by atoms with Crippen LogP contribution in [-0.4, -0.2) is 49.7 Å². The van der Waals surface area contributed by atoms with Gasteiger partial charge in [0.25, 0.3) is 5.79 Å². The van der Waals surface area contributed by atoms with Crippen LogP contribution in [0.2, 0.25) is 0 Å². The highest BCUT2D eigenvalue weighted by Gasteiger charge is 2.49. The molecule has 0 aromatic carbocycles. The first kappa shape index (κ1) is 20.6. The molecule has 2 rings (SSSR count). The molecular formula is C18H37N5O2. The van der Waals surface area contributed by atoms with E-state index in [-0.39, 0.29) is 5.97 Å². The molecule has 7 nitrogen and oxygen atoms in total. The van der Waals surface area contributed by atoms with E-state index in [0.717, 1.165) is 39.0 Å². The average molecular weight is 356 g/mol. The number of hydrogen-bond donors (Lipinski definition) is 4. The molecule has 2 fully saturated rings. The lowest BCUT2D eigenvalue weighted by atomic mass is 10.1. The first-order valence-corrected chi connectivity index (χ1v) is 10.2. The fraction of sp³-hybridized carbons (Fsp3) is 0.944. The Balaban J connectivity index is 1.51. The molecule has 0 unspecified atom stereocenters. The summed E-state index contributed by atoms with van der Waals surface area (Å²) in [5, 5.41) is 8.14. The molecule has 0 aromatic heterocycles. The Kier molecular flexibility index (Phi) is 9.72. The van der Waals surface area contributed by atoms with Gasteiger partial charge in [0.15, 0.2) is 0 Å². The van der Waals surface area contributed by atoms with Crippen LogP contribution in [0.5, 0.6) is 0 Å². The third-order valence-corrected chi connectivity index (χ3v) is 4.91. The van der Waals surface area contributed by atoms with Crippen molar-refractivity contribution >= 4 is 5.97 Å². The highest BCUT2D eigenvalue weighted by Crippen LogP contribution is 2.14. The molecule has 0 radical (unpaired) electrons. The van der Waals surface area contributed by atoms with Crippen molar-refractivity contribution in [2.75, 3.05) is 32.8 Å². The van der Waals surface area contributed by atoms with Crippen LogP contribution in [0.15, 0.2) is 0 Å². The molecule has 0 saturated carbocycles. The average Bonchev–Trinajstić information content (AvgIpc) is 3.31. The summed E-state index contributed by atoms with van der Waals surface area (Å²) in [6.07, 6.45) is 12.8. The van der Waals surface area contributed by atoms with E-state index in [1.54, 1.807) is 5.12 Å². The largest absolute Gasteiger partial charge is 0.462 e. The number of unbranched alkanes of at least 4 members (excludes halogenated alkanes) is 9. The number of esters is 1. The van der Waals surface area contributed by atoms with Crippen molar-refractivity contribution < 1.29 is 9.53 Å². The van der Waals surface area contributed by atoms with Crippen LogP contribution < -0.4 is 21.5 Å². The number of carbonyl (C=O) groups excluding carboxylic acids is 1. The van der Waals surface area contributed by atoms with E-state index < -0.39 is 5.79 Å². The summed E-state index contributed by atoms with van der Waals surface area (Å²) in [7, 11) is 0. The van der Waals surface area contributed by atoms with Gasteiger partial charge in [-0.3, -0.25) is 10.6 Å². The van der Waals surface area contributed by atoms with E-state index in [1.807, 2.05) is 0 Å². The number of hydrazine groups is 2. The lowest BCUT2D eigenvalue weighted by Gasteiger charge is -2.35. The fourth-order valence-corrected chi connectivity index (χ4v) is 3.43. The Labute approximate surface area is 152 Å². The third kappa shape index (κ3) is 6.49. The fourth-order valence-electron chi connectivity index (χ4n) is 3.43. The van der Waals surface area contributed by atoms with E-state index >= 15 is 0 Å². The molecule has 7 heteroatoms. The zero-order chi connectivity index (χ0) is 17.8. The lowest BCUT2D eigenvalue weighted by molar-refractivity contribution is -0.167. The van der Waals surface area contributed by atoms with Gasteiger partial charge in [-0.25, -0.2) is 15.6 Å². The normalized spacial score (nSPS) is 20.2. The second-order valence-electron chi connectivity index (χ2n) is 7.03. The third-order valence-electron chi connectivity index (χ3n) is 4.91. The number of nitrogens with zero attached hydrogens (tertiary/aromatic N) is 1. The van der Waals surface area contributed by atoms with Crippen LogP contribution >= 0.6 is 0 Å². The molecule has 0 amide bonds. The van der Waals surface area contributed by atoms with E-state index in [9.17, 15) is 4.79 Å². The van der Waals surface area contributed by atoms with Gasteiger partial charge < -0.3 is 4.74 Å². The summed E-state index contributed by atoms with van der Waals surface area (Å²) in [5.74, 6) is -1.24. The maximum atomic E-state index is 12.5. The lowest BCUT2D eigenvalue weighted by Crippen LogP contribution is -2.72. The van der Waals surface area contributed by atoms with Crippen molar-refractivity contribution in [3.8, 4) is 0 Å². The molecule has 2 aliphatic heterocycles. The van der Waals surface area contributed by atoms with Gasteiger partial charge in [-0.05, 0) is 6.42 Å². The molecule has 4 N–H and O–H groups in total. The van der Waals surface area contributed by atoms with Crippen LogP contribution in [0.25, 0.3) is 0 Å². The molecule has 0 atom stereocenters. The summed E-state index contributed by atoms with van der Waals surface area (Å²) in [4.78, 5) is 12.5. The Morgan fingerprint density at radius 1 is 0.840 bits per heavy atom. The van der Waals surface area contributed by atoms with Gasteiger partial charge in [0, 0.05) is 26.2 Å². The zero-order valence-electron chi connectivity index (χ0n) is 15.9. The smallest absolute Gasteiger partial charge is 0.360 e. The Bertz CT molecular complexity index is 368. The van der Waals surface area contributed by atoms with Gasteiger partial charge in [-0.2, -0.15) is 0 Å². The maximum absolute atomic E-state index is 12.5. The second kappa shape index (κ2) is 11.8. The summed E-state index contributed by atoms with van der Waals surface area (Å²) in [5.41, 5.74) is 6.32. The minimum Gasteiger partial charge on any atom is -0.462 e. The van der Waals surface area contributed by atoms with Crippen molar-refractivity contribution in [1.29, 1.82) is 0 Å².